The first kappa shape index (κ1) is 14.7. The van der Waals surface area contributed by atoms with E-state index < -0.39 is 0 Å². The van der Waals surface area contributed by atoms with Crippen LogP contribution in [0.2, 0.25) is 0 Å². The topological polar surface area (TPSA) is 58.4 Å². The number of hydrogen-bond donors (Lipinski definition) is 2. The Morgan fingerprint density at radius 1 is 1.40 bits per heavy atom. The minimum Gasteiger partial charge on any atom is -0.399 e. The number of carbonyl (C=O) groups is 1. The number of carbonyl (C=O) groups excluding carboxylic acids is 1. The molecule has 110 valence electrons. The van der Waals surface area contributed by atoms with Gasteiger partial charge in [-0.05, 0) is 44.4 Å². The summed E-state index contributed by atoms with van der Waals surface area (Å²) in [5, 5.41) is 3.01. The van der Waals surface area contributed by atoms with Crippen LogP contribution in [0.15, 0.2) is 18.2 Å². The van der Waals surface area contributed by atoms with Gasteiger partial charge in [0.2, 0.25) is 5.91 Å². The van der Waals surface area contributed by atoms with Crippen molar-refractivity contribution in [3.05, 3.63) is 18.2 Å². The maximum Gasteiger partial charge on any atom is 0.226 e. The van der Waals surface area contributed by atoms with Crippen molar-refractivity contribution in [3.63, 3.8) is 0 Å². The third-order valence-corrected chi connectivity index (χ3v) is 3.92. The Kier molecular flexibility index (Phi) is 4.53. The monoisotopic (exact) mass is 275 g/mol. The Morgan fingerprint density at radius 2 is 2.15 bits per heavy atom. The second-order valence-corrected chi connectivity index (χ2v) is 5.96. The smallest absolute Gasteiger partial charge is 0.226 e. The van der Waals surface area contributed by atoms with Gasteiger partial charge in [-0.15, -0.1) is 0 Å². The van der Waals surface area contributed by atoms with Gasteiger partial charge >= 0.3 is 0 Å². The summed E-state index contributed by atoms with van der Waals surface area (Å²) in [5.41, 5.74) is 8.47. The molecule has 1 aliphatic heterocycles. The highest BCUT2D eigenvalue weighted by Crippen LogP contribution is 2.33. The van der Waals surface area contributed by atoms with E-state index in [0.29, 0.717) is 11.7 Å². The van der Waals surface area contributed by atoms with Gasteiger partial charge in [-0.1, -0.05) is 13.8 Å². The van der Waals surface area contributed by atoms with Gasteiger partial charge in [-0.2, -0.15) is 0 Å². The van der Waals surface area contributed by atoms with E-state index in [9.17, 15) is 4.79 Å². The lowest BCUT2D eigenvalue weighted by atomic mass is 10.0. The van der Waals surface area contributed by atoms with Crippen LogP contribution in [0, 0.1) is 5.92 Å². The minimum absolute atomic E-state index is 0.0292. The summed E-state index contributed by atoms with van der Waals surface area (Å²) < 4.78 is 0. The number of nitrogens with two attached hydrogens (primary N) is 1. The van der Waals surface area contributed by atoms with Gasteiger partial charge in [0.15, 0.2) is 0 Å². The van der Waals surface area contributed by atoms with Crippen molar-refractivity contribution in [2.45, 2.75) is 46.1 Å². The number of anilines is 3. The van der Waals surface area contributed by atoms with Gasteiger partial charge < -0.3 is 16.0 Å². The summed E-state index contributed by atoms with van der Waals surface area (Å²) in [4.78, 5) is 14.3. The zero-order valence-electron chi connectivity index (χ0n) is 12.6. The van der Waals surface area contributed by atoms with Crippen molar-refractivity contribution in [2.24, 2.45) is 5.92 Å². The number of nitrogen functional groups attached to an aromatic ring is 1. The van der Waals surface area contributed by atoms with Gasteiger partial charge in [0.1, 0.15) is 0 Å². The second kappa shape index (κ2) is 6.16. The lowest BCUT2D eigenvalue weighted by Gasteiger charge is -2.36. The number of amides is 1. The Balaban J connectivity index is 2.29. The molecule has 2 rings (SSSR count). The zero-order valence-corrected chi connectivity index (χ0v) is 12.6. The Bertz CT molecular complexity index is 485. The predicted molar refractivity (Wildman–Crippen MR) is 85.0 cm³/mol. The molecular formula is C16H25N3O. The first-order chi connectivity index (χ1) is 9.49. The third-order valence-electron chi connectivity index (χ3n) is 3.92. The lowest BCUT2D eigenvalue weighted by molar-refractivity contribution is -0.118. The highest BCUT2D eigenvalue weighted by atomic mass is 16.1. The van der Waals surface area contributed by atoms with Crippen LogP contribution in [0.3, 0.4) is 0 Å². The van der Waals surface area contributed by atoms with E-state index in [1.54, 1.807) is 0 Å². The summed E-state index contributed by atoms with van der Waals surface area (Å²) in [6.45, 7) is 7.06. The molecule has 1 unspecified atom stereocenters. The molecule has 4 heteroatoms. The van der Waals surface area contributed by atoms with Gasteiger partial charge in [-0.3, -0.25) is 4.79 Å². The van der Waals surface area contributed by atoms with Crippen molar-refractivity contribution in [3.8, 4) is 0 Å². The molecule has 0 spiro atoms. The lowest BCUT2D eigenvalue weighted by Crippen LogP contribution is -2.38. The molecule has 1 atom stereocenters. The van der Waals surface area contributed by atoms with Crippen LogP contribution in [-0.2, 0) is 4.79 Å². The van der Waals surface area contributed by atoms with Gasteiger partial charge in [-0.25, -0.2) is 0 Å². The number of benzene rings is 1. The minimum atomic E-state index is -0.0388. The van der Waals surface area contributed by atoms with Gasteiger partial charge in [0, 0.05) is 24.2 Å². The summed E-state index contributed by atoms with van der Waals surface area (Å²) in [7, 11) is 0. The first-order valence-corrected chi connectivity index (χ1v) is 7.46. The van der Waals surface area contributed by atoms with Crippen molar-refractivity contribution < 1.29 is 4.79 Å². The number of nitrogens with zero attached hydrogens (tertiary/aromatic N) is 1. The molecule has 1 aromatic carbocycles. The molecule has 1 aromatic rings. The number of rotatable bonds is 3. The molecule has 0 saturated carbocycles. The average Bonchev–Trinajstić information content (AvgIpc) is 2.40. The predicted octanol–water partition coefficient (Wildman–Crippen LogP) is 3.24. The van der Waals surface area contributed by atoms with Gasteiger partial charge in [0.05, 0.1) is 11.4 Å². The molecule has 0 bridgehead atoms. The number of hydrogen-bond acceptors (Lipinski definition) is 3. The molecule has 1 saturated heterocycles. The fourth-order valence-corrected chi connectivity index (χ4v) is 2.64. The Hall–Kier alpha value is -1.71. The van der Waals surface area contributed by atoms with Crippen LogP contribution < -0.4 is 16.0 Å². The first-order valence-electron chi connectivity index (χ1n) is 7.46. The van der Waals surface area contributed by atoms with Crippen LogP contribution in [0.1, 0.15) is 40.0 Å². The van der Waals surface area contributed by atoms with E-state index in [-0.39, 0.29) is 11.8 Å². The van der Waals surface area contributed by atoms with E-state index in [1.807, 2.05) is 32.0 Å². The standard InChI is InChI=1S/C16H25N3O/c1-11(2)16(20)18-14-10-13(17)7-8-15(14)19-9-5-4-6-12(19)3/h7-8,10-12H,4-6,9,17H2,1-3H3,(H,18,20). The molecule has 1 amide bonds. The SMILES string of the molecule is CC(C)C(=O)Nc1cc(N)ccc1N1CCCCC1C. The van der Waals surface area contributed by atoms with Gasteiger partial charge in [0.25, 0.3) is 0 Å². The molecule has 0 aromatic heterocycles. The van der Waals surface area contributed by atoms with Crippen molar-refractivity contribution in [1.29, 1.82) is 0 Å². The molecule has 1 heterocycles. The van der Waals surface area contributed by atoms with E-state index in [1.165, 1.54) is 19.3 Å². The van der Waals surface area contributed by atoms with Crippen molar-refractivity contribution in [1.82, 2.24) is 0 Å². The normalized spacial score (nSPS) is 19.2. The molecule has 1 fully saturated rings. The fraction of sp³-hybridized carbons (Fsp3) is 0.562. The molecule has 1 aliphatic rings. The van der Waals surface area contributed by atoms with E-state index in [4.69, 9.17) is 5.73 Å². The number of nitrogens with one attached hydrogen (secondary N) is 1. The molecule has 3 N–H and O–H groups in total. The average molecular weight is 275 g/mol. The van der Waals surface area contributed by atoms with Crippen LogP contribution in [0.5, 0.6) is 0 Å². The summed E-state index contributed by atoms with van der Waals surface area (Å²) >= 11 is 0. The van der Waals surface area contributed by atoms with Crippen LogP contribution in [0.25, 0.3) is 0 Å². The molecule has 4 nitrogen and oxygen atoms in total. The Labute approximate surface area is 121 Å². The van der Waals surface area contributed by atoms with Crippen molar-refractivity contribution in [2.75, 3.05) is 22.5 Å². The highest BCUT2D eigenvalue weighted by molar-refractivity contribution is 5.96. The summed E-state index contributed by atoms with van der Waals surface area (Å²) in [6, 6.07) is 6.29. The maximum absolute atomic E-state index is 12.0. The van der Waals surface area contributed by atoms with E-state index >= 15 is 0 Å². The molecular weight excluding hydrogens is 250 g/mol. The molecule has 20 heavy (non-hydrogen) atoms. The largest absolute Gasteiger partial charge is 0.399 e. The van der Waals surface area contributed by atoms with E-state index in [2.05, 4.69) is 17.1 Å². The quantitative estimate of drug-likeness (QED) is 0.833. The molecule has 0 aliphatic carbocycles. The fourth-order valence-electron chi connectivity index (χ4n) is 2.64. The van der Waals surface area contributed by atoms with Crippen LogP contribution >= 0.6 is 0 Å². The summed E-state index contributed by atoms with van der Waals surface area (Å²) in [5.74, 6) is -0.00966. The van der Waals surface area contributed by atoms with E-state index in [0.717, 1.165) is 17.9 Å². The van der Waals surface area contributed by atoms with Crippen LogP contribution in [-0.4, -0.2) is 18.5 Å². The maximum atomic E-state index is 12.0. The third kappa shape index (κ3) is 3.24. The van der Waals surface area contributed by atoms with Crippen LogP contribution in [0.4, 0.5) is 17.1 Å². The highest BCUT2D eigenvalue weighted by Gasteiger charge is 2.22. The summed E-state index contributed by atoms with van der Waals surface area (Å²) in [6.07, 6.45) is 3.68. The Morgan fingerprint density at radius 3 is 2.80 bits per heavy atom. The molecule has 0 radical (unpaired) electrons. The van der Waals surface area contributed by atoms with Crippen molar-refractivity contribution >= 4 is 23.0 Å². The zero-order chi connectivity index (χ0) is 14.7. The second-order valence-electron chi connectivity index (χ2n) is 5.96. The number of piperidine rings is 1.